The van der Waals surface area contributed by atoms with Crippen molar-refractivity contribution < 1.29 is 0 Å². The summed E-state index contributed by atoms with van der Waals surface area (Å²) in [6.07, 6.45) is 0.0666. The van der Waals surface area contributed by atoms with Crippen molar-refractivity contribution in [3.05, 3.63) is 168 Å². The molecule has 2 unspecified atom stereocenters. The van der Waals surface area contributed by atoms with Crippen LogP contribution >= 0.6 is 0 Å². The van der Waals surface area contributed by atoms with E-state index < -0.39 is 0 Å². The van der Waals surface area contributed by atoms with Crippen LogP contribution in [0.15, 0.2) is 146 Å². The van der Waals surface area contributed by atoms with Crippen molar-refractivity contribution in [2.45, 2.75) is 31.6 Å². The Labute approximate surface area is 258 Å². The Morgan fingerprint density at radius 2 is 1.09 bits per heavy atom. The lowest BCUT2D eigenvalue weighted by molar-refractivity contribution is 0.211. The summed E-state index contributed by atoms with van der Waals surface area (Å²) in [7, 11) is 0. The Morgan fingerprint density at radius 1 is 0.500 bits per heavy atom. The third kappa shape index (κ3) is 3.60. The first-order chi connectivity index (χ1) is 21.6. The first-order valence-electron chi connectivity index (χ1n) is 15.5. The van der Waals surface area contributed by atoms with Gasteiger partial charge in [0, 0.05) is 16.2 Å². The minimum absolute atomic E-state index is 0.0333. The molecule has 212 valence electrons. The molecule has 0 radical (unpaired) electrons. The van der Waals surface area contributed by atoms with E-state index in [-0.39, 0.29) is 17.7 Å². The largest absolute Gasteiger partial charge is 0.269 e. The minimum atomic E-state index is -0.0664. The number of hydrogen-bond donors (Lipinski definition) is 1. The quantitative estimate of drug-likeness (QED) is 0.228. The Kier molecular flexibility index (Phi) is 5.45. The van der Waals surface area contributed by atoms with E-state index in [1.807, 2.05) is 0 Å². The number of aromatic nitrogens is 1. The van der Waals surface area contributed by atoms with E-state index in [1.165, 1.54) is 66.3 Å². The van der Waals surface area contributed by atoms with Crippen molar-refractivity contribution in [1.29, 1.82) is 0 Å². The van der Waals surface area contributed by atoms with Gasteiger partial charge in [0.25, 0.3) is 0 Å². The van der Waals surface area contributed by atoms with Crippen LogP contribution in [0, 0.1) is 0 Å². The van der Waals surface area contributed by atoms with Gasteiger partial charge < -0.3 is 0 Å². The van der Waals surface area contributed by atoms with E-state index in [0.29, 0.717) is 0 Å². The van der Waals surface area contributed by atoms with Crippen LogP contribution < -0.4 is 10.3 Å². The Hall–Kier alpha value is -5.12. The van der Waals surface area contributed by atoms with Crippen molar-refractivity contribution in [2.75, 3.05) is 5.01 Å². The molecule has 2 aliphatic rings. The van der Waals surface area contributed by atoms with Crippen LogP contribution in [0.3, 0.4) is 0 Å². The van der Waals surface area contributed by atoms with Gasteiger partial charge in [-0.15, -0.1) is 0 Å². The summed E-state index contributed by atoms with van der Waals surface area (Å²) in [6.45, 7) is 4.74. The molecule has 2 heterocycles. The van der Waals surface area contributed by atoms with Crippen LogP contribution in [0.25, 0.3) is 44.1 Å². The predicted molar refractivity (Wildman–Crippen MR) is 182 cm³/mol. The van der Waals surface area contributed by atoms with Crippen LogP contribution in [-0.2, 0) is 5.41 Å². The fourth-order valence-corrected chi connectivity index (χ4v) is 7.62. The number of nitrogens with zero attached hydrogens (tertiary/aromatic N) is 2. The summed E-state index contributed by atoms with van der Waals surface area (Å²) < 4.78 is 2.50. The van der Waals surface area contributed by atoms with Gasteiger partial charge in [-0.1, -0.05) is 135 Å². The van der Waals surface area contributed by atoms with E-state index in [4.69, 9.17) is 0 Å². The summed E-state index contributed by atoms with van der Waals surface area (Å²) in [5, 5.41) is 9.01. The Bertz CT molecular complexity index is 2130. The maximum Gasteiger partial charge on any atom is 0.125 e. The average Bonchev–Trinajstić information content (AvgIpc) is 3.49. The summed E-state index contributed by atoms with van der Waals surface area (Å²) in [4.78, 5) is 0. The second-order valence-electron chi connectivity index (χ2n) is 12.7. The number of nitrogens with one attached hydrogen (secondary N) is 1. The average molecular weight is 568 g/mol. The smallest absolute Gasteiger partial charge is 0.125 e. The highest BCUT2D eigenvalue weighted by atomic mass is 15.7. The second kappa shape index (κ2) is 9.44. The summed E-state index contributed by atoms with van der Waals surface area (Å²) in [5.74, 6) is 0. The molecule has 7 aromatic rings. The molecular weight excluding hydrogens is 534 g/mol. The minimum Gasteiger partial charge on any atom is -0.269 e. The van der Waals surface area contributed by atoms with E-state index in [9.17, 15) is 0 Å². The number of benzene rings is 6. The van der Waals surface area contributed by atoms with E-state index in [0.717, 1.165) is 0 Å². The predicted octanol–water partition coefficient (Wildman–Crippen LogP) is 9.71. The van der Waals surface area contributed by atoms with Gasteiger partial charge in [-0.3, -0.25) is 15.0 Å². The summed E-state index contributed by atoms with van der Waals surface area (Å²) in [6, 6.07) is 53.2. The number of fused-ring (bicyclic) bond motifs is 6. The van der Waals surface area contributed by atoms with Gasteiger partial charge in [0.2, 0.25) is 0 Å². The molecule has 1 aliphatic carbocycles. The van der Waals surface area contributed by atoms with Crippen molar-refractivity contribution in [3.63, 3.8) is 0 Å². The van der Waals surface area contributed by atoms with E-state index in [2.05, 4.69) is 174 Å². The zero-order valence-electron chi connectivity index (χ0n) is 24.9. The summed E-state index contributed by atoms with van der Waals surface area (Å²) >= 11 is 0. The van der Waals surface area contributed by atoms with Crippen molar-refractivity contribution in [1.82, 2.24) is 9.99 Å². The highest BCUT2D eigenvalue weighted by Gasteiger charge is 2.42. The van der Waals surface area contributed by atoms with Gasteiger partial charge in [0.1, 0.15) is 12.3 Å². The maximum absolute atomic E-state index is 3.90. The molecule has 0 spiro atoms. The molecule has 1 fully saturated rings. The van der Waals surface area contributed by atoms with Gasteiger partial charge in [0.05, 0.1) is 11.0 Å². The Balaban J connectivity index is 1.35. The van der Waals surface area contributed by atoms with Crippen LogP contribution in [0.5, 0.6) is 0 Å². The highest BCUT2D eigenvalue weighted by Crippen LogP contribution is 2.51. The number of hydrogen-bond acceptors (Lipinski definition) is 2. The van der Waals surface area contributed by atoms with Gasteiger partial charge in [-0.05, 0) is 68.8 Å². The molecule has 1 aliphatic heterocycles. The molecule has 1 saturated heterocycles. The molecule has 6 aromatic carbocycles. The molecule has 9 rings (SSSR count). The first kappa shape index (κ1) is 25.4. The fourth-order valence-electron chi connectivity index (χ4n) is 7.62. The lowest BCUT2D eigenvalue weighted by Crippen LogP contribution is -2.62. The van der Waals surface area contributed by atoms with Crippen LogP contribution in [0.2, 0.25) is 0 Å². The van der Waals surface area contributed by atoms with Crippen molar-refractivity contribution in [2.24, 2.45) is 0 Å². The van der Waals surface area contributed by atoms with Gasteiger partial charge in [0.15, 0.2) is 0 Å². The van der Waals surface area contributed by atoms with Crippen molar-refractivity contribution in [3.8, 4) is 22.3 Å². The molecule has 1 N–H and O–H groups in total. The SMILES string of the molecule is CC1(C)c2ccccc2-c2cc3c(cc21)c1cc(-c2ccccc2)ccc1n3N1C(c2ccccc2)NC1c1ccccc1. The molecule has 3 heteroatoms. The first-order valence-corrected chi connectivity index (χ1v) is 15.5. The van der Waals surface area contributed by atoms with E-state index in [1.54, 1.807) is 0 Å². The van der Waals surface area contributed by atoms with Gasteiger partial charge >= 0.3 is 0 Å². The second-order valence-corrected chi connectivity index (χ2v) is 12.7. The zero-order valence-corrected chi connectivity index (χ0v) is 24.9. The van der Waals surface area contributed by atoms with E-state index >= 15 is 0 Å². The molecule has 44 heavy (non-hydrogen) atoms. The third-order valence-electron chi connectivity index (χ3n) is 9.86. The normalized spacial score (nSPS) is 18.3. The monoisotopic (exact) mass is 567 g/mol. The number of rotatable bonds is 4. The highest BCUT2D eigenvalue weighted by molar-refractivity contribution is 6.11. The van der Waals surface area contributed by atoms with Gasteiger partial charge in [-0.25, -0.2) is 0 Å². The summed E-state index contributed by atoms with van der Waals surface area (Å²) in [5.41, 5.74) is 12.9. The third-order valence-corrected chi connectivity index (χ3v) is 9.86. The molecule has 1 aromatic heterocycles. The molecule has 3 nitrogen and oxygen atoms in total. The van der Waals surface area contributed by atoms with Crippen LogP contribution in [0.1, 0.15) is 48.4 Å². The lowest BCUT2D eigenvalue weighted by atomic mass is 9.82. The zero-order chi connectivity index (χ0) is 29.4. The van der Waals surface area contributed by atoms with Crippen LogP contribution in [0.4, 0.5) is 0 Å². The molecule has 0 amide bonds. The maximum atomic E-state index is 3.90. The molecule has 0 bridgehead atoms. The fraction of sp³-hybridized carbons (Fsp3) is 0.122. The van der Waals surface area contributed by atoms with Crippen molar-refractivity contribution >= 4 is 21.8 Å². The molecular formula is C41H33N3. The van der Waals surface area contributed by atoms with Gasteiger partial charge in [-0.2, -0.15) is 0 Å². The molecule has 2 atom stereocenters. The topological polar surface area (TPSA) is 20.2 Å². The Morgan fingerprint density at radius 3 is 1.77 bits per heavy atom. The standard InChI is InChI=1S/C41H33N3/c1-41(2)35-21-13-12-20-31(35)32-26-38-34(25-36(32)41)33-24-30(27-14-6-3-7-15-27)22-23-37(33)43(38)44-39(28-16-8-4-9-17-28)42-40(44)29-18-10-5-11-19-29/h3-26,39-40,42H,1-2H3. The molecule has 0 saturated carbocycles. The lowest BCUT2D eigenvalue weighted by Gasteiger charge is -2.52. The van der Waals surface area contributed by atoms with Crippen LogP contribution in [-0.4, -0.2) is 4.68 Å².